The Balaban J connectivity index is 1.59. The number of nitrogens with zero attached hydrogens (tertiary/aromatic N) is 1. The molecule has 2 unspecified atom stereocenters. The van der Waals surface area contributed by atoms with E-state index in [4.69, 9.17) is 0 Å². The molecule has 1 amide bonds. The SMILES string of the molecule is CCN(c1ccccc1)c1ccc(CNC(=O)C2CC(O)CN2)cc1. The van der Waals surface area contributed by atoms with Crippen molar-refractivity contribution in [2.75, 3.05) is 18.0 Å². The quantitative estimate of drug-likeness (QED) is 0.755. The van der Waals surface area contributed by atoms with E-state index in [0.29, 0.717) is 19.5 Å². The molecule has 1 aliphatic rings. The topological polar surface area (TPSA) is 64.6 Å². The summed E-state index contributed by atoms with van der Waals surface area (Å²) in [6, 6.07) is 18.2. The lowest BCUT2D eigenvalue weighted by Gasteiger charge is -2.23. The van der Waals surface area contributed by atoms with E-state index in [1.807, 2.05) is 30.3 Å². The van der Waals surface area contributed by atoms with E-state index in [-0.39, 0.29) is 11.9 Å². The highest BCUT2D eigenvalue weighted by molar-refractivity contribution is 5.82. The number of β-amino-alcohol motifs (C(OH)–C–C–N with tert-alkyl or cyclic N) is 1. The van der Waals surface area contributed by atoms with Crippen LogP contribution in [0, 0.1) is 0 Å². The number of carbonyl (C=O) groups excluding carboxylic acids is 1. The van der Waals surface area contributed by atoms with Gasteiger partial charge in [-0.3, -0.25) is 4.79 Å². The summed E-state index contributed by atoms with van der Waals surface area (Å²) in [7, 11) is 0. The molecule has 1 heterocycles. The van der Waals surface area contributed by atoms with Gasteiger partial charge in [-0.25, -0.2) is 0 Å². The van der Waals surface area contributed by atoms with Gasteiger partial charge in [0.2, 0.25) is 5.91 Å². The summed E-state index contributed by atoms with van der Waals surface area (Å²) in [5.74, 6) is -0.0555. The van der Waals surface area contributed by atoms with Gasteiger partial charge < -0.3 is 20.6 Å². The minimum Gasteiger partial charge on any atom is -0.392 e. The van der Waals surface area contributed by atoms with E-state index < -0.39 is 6.10 Å². The van der Waals surface area contributed by atoms with Crippen molar-refractivity contribution in [1.82, 2.24) is 10.6 Å². The van der Waals surface area contributed by atoms with Gasteiger partial charge >= 0.3 is 0 Å². The number of anilines is 2. The van der Waals surface area contributed by atoms with Crippen LogP contribution in [0.15, 0.2) is 54.6 Å². The number of aliphatic hydroxyl groups excluding tert-OH is 1. The molecule has 0 radical (unpaired) electrons. The Hall–Kier alpha value is -2.37. The summed E-state index contributed by atoms with van der Waals surface area (Å²) < 4.78 is 0. The van der Waals surface area contributed by atoms with Gasteiger partial charge in [0.25, 0.3) is 0 Å². The van der Waals surface area contributed by atoms with E-state index in [2.05, 4.69) is 46.7 Å². The Morgan fingerprint density at radius 2 is 1.84 bits per heavy atom. The first kappa shape index (κ1) is 17.5. The van der Waals surface area contributed by atoms with Gasteiger partial charge in [-0.15, -0.1) is 0 Å². The Morgan fingerprint density at radius 1 is 1.16 bits per heavy atom. The molecule has 1 fully saturated rings. The van der Waals surface area contributed by atoms with Crippen LogP contribution in [0.2, 0.25) is 0 Å². The monoisotopic (exact) mass is 339 g/mol. The summed E-state index contributed by atoms with van der Waals surface area (Å²) >= 11 is 0. The molecule has 0 aliphatic carbocycles. The standard InChI is InChI=1S/C20H25N3O2/c1-2-23(16-6-4-3-5-7-16)17-10-8-15(9-11-17)13-22-20(25)19-12-18(24)14-21-19/h3-11,18-19,21,24H,2,12-14H2,1H3,(H,22,25). The first-order valence-corrected chi connectivity index (χ1v) is 8.78. The first-order valence-electron chi connectivity index (χ1n) is 8.78. The maximum atomic E-state index is 12.1. The van der Waals surface area contributed by atoms with Gasteiger partial charge in [-0.05, 0) is 43.2 Å². The molecule has 5 heteroatoms. The van der Waals surface area contributed by atoms with Crippen molar-refractivity contribution < 1.29 is 9.90 Å². The number of para-hydroxylation sites is 1. The Morgan fingerprint density at radius 3 is 2.44 bits per heavy atom. The molecule has 3 N–H and O–H groups in total. The predicted octanol–water partition coefficient (Wildman–Crippen LogP) is 2.18. The van der Waals surface area contributed by atoms with Gasteiger partial charge in [0.05, 0.1) is 12.1 Å². The summed E-state index contributed by atoms with van der Waals surface area (Å²) in [5.41, 5.74) is 3.35. The van der Waals surface area contributed by atoms with Crippen LogP contribution in [0.5, 0.6) is 0 Å². The average molecular weight is 339 g/mol. The van der Waals surface area contributed by atoms with Crippen LogP contribution in [0.1, 0.15) is 18.9 Å². The molecule has 0 saturated carbocycles. The van der Waals surface area contributed by atoms with E-state index >= 15 is 0 Å². The zero-order chi connectivity index (χ0) is 17.6. The molecule has 1 aliphatic heterocycles. The number of nitrogens with one attached hydrogen (secondary N) is 2. The third-order valence-corrected chi connectivity index (χ3v) is 4.52. The third kappa shape index (κ3) is 4.38. The molecule has 2 aromatic rings. The fraction of sp³-hybridized carbons (Fsp3) is 0.350. The van der Waals surface area contributed by atoms with Crippen molar-refractivity contribution in [3.63, 3.8) is 0 Å². The summed E-state index contributed by atoms with van der Waals surface area (Å²) in [6.07, 6.45) is 0.0564. The normalized spacial score (nSPS) is 19.6. The highest BCUT2D eigenvalue weighted by Crippen LogP contribution is 2.24. The maximum absolute atomic E-state index is 12.1. The fourth-order valence-electron chi connectivity index (χ4n) is 3.15. The number of aliphatic hydroxyl groups is 1. The Labute approximate surface area is 148 Å². The van der Waals surface area contributed by atoms with Gasteiger partial charge in [0.15, 0.2) is 0 Å². The second kappa shape index (κ2) is 8.14. The maximum Gasteiger partial charge on any atom is 0.237 e. The largest absolute Gasteiger partial charge is 0.392 e. The van der Waals surface area contributed by atoms with E-state index in [1.54, 1.807) is 0 Å². The molecule has 1 saturated heterocycles. The number of carbonyl (C=O) groups is 1. The lowest BCUT2D eigenvalue weighted by atomic mass is 10.1. The van der Waals surface area contributed by atoms with Crippen molar-refractivity contribution in [1.29, 1.82) is 0 Å². The third-order valence-electron chi connectivity index (χ3n) is 4.52. The first-order chi connectivity index (χ1) is 12.2. The number of amides is 1. The zero-order valence-electron chi connectivity index (χ0n) is 14.5. The van der Waals surface area contributed by atoms with Crippen LogP contribution < -0.4 is 15.5 Å². The average Bonchev–Trinajstić information content (AvgIpc) is 3.09. The van der Waals surface area contributed by atoms with Crippen molar-refractivity contribution >= 4 is 17.3 Å². The van der Waals surface area contributed by atoms with Crippen molar-refractivity contribution in [3.8, 4) is 0 Å². The highest BCUT2D eigenvalue weighted by Gasteiger charge is 2.27. The molecule has 2 aromatic carbocycles. The molecule has 5 nitrogen and oxygen atoms in total. The second-order valence-corrected chi connectivity index (χ2v) is 6.31. The molecular weight excluding hydrogens is 314 g/mol. The van der Waals surface area contributed by atoms with Crippen molar-refractivity contribution in [2.24, 2.45) is 0 Å². The zero-order valence-corrected chi connectivity index (χ0v) is 14.5. The van der Waals surface area contributed by atoms with Crippen LogP contribution in [0.4, 0.5) is 11.4 Å². The van der Waals surface area contributed by atoms with Crippen molar-refractivity contribution in [2.45, 2.75) is 32.0 Å². The van der Waals surface area contributed by atoms with Crippen LogP contribution in [-0.2, 0) is 11.3 Å². The summed E-state index contributed by atoms with van der Waals surface area (Å²) in [5, 5.41) is 15.4. The number of hydrogen-bond donors (Lipinski definition) is 3. The van der Waals surface area contributed by atoms with Crippen LogP contribution in [0.25, 0.3) is 0 Å². The van der Waals surface area contributed by atoms with E-state index in [0.717, 1.165) is 23.5 Å². The highest BCUT2D eigenvalue weighted by atomic mass is 16.3. The Bertz CT molecular complexity index is 688. The van der Waals surface area contributed by atoms with E-state index in [1.165, 1.54) is 0 Å². The van der Waals surface area contributed by atoms with Gasteiger partial charge in [0.1, 0.15) is 0 Å². The van der Waals surface area contributed by atoms with E-state index in [9.17, 15) is 9.90 Å². The number of hydrogen-bond acceptors (Lipinski definition) is 4. The van der Waals surface area contributed by atoms with Crippen LogP contribution in [0.3, 0.4) is 0 Å². The molecule has 0 aromatic heterocycles. The van der Waals surface area contributed by atoms with Gasteiger partial charge in [-0.2, -0.15) is 0 Å². The van der Waals surface area contributed by atoms with Crippen molar-refractivity contribution in [3.05, 3.63) is 60.2 Å². The van der Waals surface area contributed by atoms with Crippen LogP contribution in [-0.4, -0.2) is 36.2 Å². The lowest BCUT2D eigenvalue weighted by Crippen LogP contribution is -2.40. The summed E-state index contributed by atoms with van der Waals surface area (Å²) in [4.78, 5) is 14.3. The number of benzene rings is 2. The fourth-order valence-corrected chi connectivity index (χ4v) is 3.15. The molecule has 0 bridgehead atoms. The smallest absolute Gasteiger partial charge is 0.237 e. The minimum atomic E-state index is -0.423. The predicted molar refractivity (Wildman–Crippen MR) is 99.8 cm³/mol. The second-order valence-electron chi connectivity index (χ2n) is 6.31. The lowest BCUT2D eigenvalue weighted by molar-refractivity contribution is -0.123. The van der Waals surface area contributed by atoms with Gasteiger partial charge in [0, 0.05) is 31.0 Å². The van der Waals surface area contributed by atoms with Gasteiger partial charge in [-0.1, -0.05) is 30.3 Å². The molecule has 25 heavy (non-hydrogen) atoms. The summed E-state index contributed by atoms with van der Waals surface area (Å²) in [6.45, 7) is 3.99. The molecule has 132 valence electrons. The molecule has 2 atom stereocenters. The minimum absolute atomic E-state index is 0.0555. The van der Waals surface area contributed by atoms with Crippen LogP contribution >= 0.6 is 0 Å². The molecular formula is C20H25N3O2. The molecule has 0 spiro atoms. The number of rotatable bonds is 6. The Kier molecular flexibility index (Phi) is 5.68. The molecule has 3 rings (SSSR count).